The van der Waals surface area contributed by atoms with Gasteiger partial charge in [0.25, 0.3) is 0 Å². The number of hydrogen-bond acceptors (Lipinski definition) is 11. The minimum Gasteiger partial charge on any atom is -0.394 e. The Labute approximate surface area is 216 Å². The molecule has 1 saturated heterocycles. The number of aliphatic hydroxyl groups is 9. The second-order valence-electron chi connectivity index (χ2n) is 12.8. The first-order valence-corrected chi connectivity index (χ1v) is 13.3. The van der Waals surface area contributed by atoms with Crippen molar-refractivity contribution in [3.63, 3.8) is 0 Å². The Hall–Kier alpha value is -0.700. The highest BCUT2D eigenvalue weighted by Crippen LogP contribution is 2.65. The Morgan fingerprint density at radius 2 is 1.57 bits per heavy atom. The summed E-state index contributed by atoms with van der Waals surface area (Å²) in [5, 5.41) is 97.5. The highest BCUT2D eigenvalue weighted by Gasteiger charge is 2.73. The maximum absolute atomic E-state index is 12.2. The fourth-order valence-corrected chi connectivity index (χ4v) is 8.69. The lowest BCUT2D eigenvalue weighted by atomic mass is 9.54. The van der Waals surface area contributed by atoms with Gasteiger partial charge in [0.2, 0.25) is 0 Å². The van der Waals surface area contributed by atoms with Gasteiger partial charge < -0.3 is 55.4 Å². The van der Waals surface area contributed by atoms with E-state index in [1.807, 2.05) is 0 Å². The lowest BCUT2D eigenvalue weighted by molar-refractivity contribution is -0.325. The molecule has 16 atom stereocenters. The fraction of sp³-hybridized carbons (Fsp3) is 0.923. The molecular weight excluding hydrogens is 488 g/mol. The molecule has 212 valence electrons. The number of hydrogen-bond donors (Lipinski definition) is 9. The van der Waals surface area contributed by atoms with E-state index >= 15 is 0 Å². The van der Waals surface area contributed by atoms with E-state index in [1.165, 1.54) is 0 Å². The predicted octanol–water partition coefficient (Wildman–Crippen LogP) is -2.38. The molecule has 0 aromatic carbocycles. The molecule has 2 bridgehead atoms. The molecule has 1 heterocycles. The van der Waals surface area contributed by atoms with E-state index in [9.17, 15) is 46.0 Å². The molecule has 0 spiro atoms. The third-order valence-corrected chi connectivity index (χ3v) is 10.9. The van der Waals surface area contributed by atoms with Crippen LogP contribution in [0.5, 0.6) is 0 Å². The van der Waals surface area contributed by atoms with Gasteiger partial charge in [0.1, 0.15) is 30.0 Å². The number of ether oxygens (including phenoxy) is 2. The molecule has 11 nitrogen and oxygen atoms in total. The van der Waals surface area contributed by atoms with Gasteiger partial charge in [0, 0.05) is 23.2 Å². The van der Waals surface area contributed by atoms with Crippen LogP contribution in [-0.2, 0) is 9.47 Å². The van der Waals surface area contributed by atoms with Crippen molar-refractivity contribution in [2.75, 3.05) is 6.61 Å². The van der Waals surface area contributed by atoms with Crippen molar-refractivity contribution in [3.8, 4) is 0 Å². The van der Waals surface area contributed by atoms with E-state index in [2.05, 4.69) is 6.58 Å². The predicted molar refractivity (Wildman–Crippen MR) is 126 cm³/mol. The monoisotopic (exact) mass is 530 g/mol. The minimum absolute atomic E-state index is 0.0736. The summed E-state index contributed by atoms with van der Waals surface area (Å²) < 4.78 is 11.5. The van der Waals surface area contributed by atoms with Crippen LogP contribution in [0.15, 0.2) is 12.2 Å². The van der Waals surface area contributed by atoms with E-state index in [0.29, 0.717) is 18.4 Å². The first-order valence-electron chi connectivity index (χ1n) is 13.3. The van der Waals surface area contributed by atoms with Crippen molar-refractivity contribution in [2.45, 2.75) is 106 Å². The first-order chi connectivity index (χ1) is 17.1. The highest BCUT2D eigenvalue weighted by atomic mass is 16.7. The molecule has 0 amide bonds. The van der Waals surface area contributed by atoms with E-state index in [0.717, 1.165) is 0 Å². The summed E-state index contributed by atoms with van der Waals surface area (Å²) in [5.41, 5.74) is -3.84. The summed E-state index contributed by atoms with van der Waals surface area (Å²) in [7, 11) is 0. The highest BCUT2D eigenvalue weighted by molar-refractivity contribution is 5.31. The lowest BCUT2D eigenvalue weighted by Crippen LogP contribution is -2.66. The standard InChI is InChI=1S/C26H42O11/c1-9-10-5-6-12-17(29)16(25(12,4)34)11(10)7-14(28)26(35)15(9)19(31)22(24(26,2)3)37-23-21(33)20(32)18(30)13(8-27)36-23/h10-23,27-35H,1,5-8H2,2-4H3/t10-,11+,12-,13+,14+,15+,16+,17-,18+,19+,20-,21+,22-,23-,25-,26+/m0/s1. The Balaban J connectivity index is 1.48. The van der Waals surface area contributed by atoms with Gasteiger partial charge in [-0.1, -0.05) is 26.0 Å². The SMILES string of the molecule is C=C1[C@@H]2[C@@H](O)[C@H](O[C@@H]3O[C@H](CO)[C@@H](O)[C@H](O)[C@H]3O)C(C)(C)[C@@]2(O)[C@H](O)C[C@H]2[C@@H]3[C@@H](O)[C@H](CC[C@@H]12)[C@]3(C)O. The summed E-state index contributed by atoms with van der Waals surface area (Å²) in [6.07, 6.45) is -11.2. The zero-order valence-corrected chi connectivity index (χ0v) is 21.5. The molecule has 6 fully saturated rings. The molecule has 6 aliphatic rings. The van der Waals surface area contributed by atoms with Crippen LogP contribution in [0.3, 0.4) is 0 Å². The minimum atomic E-state index is -1.92. The first kappa shape index (κ1) is 27.9. The lowest BCUT2D eigenvalue weighted by Gasteiger charge is -2.56. The third-order valence-electron chi connectivity index (χ3n) is 10.9. The topological polar surface area (TPSA) is 201 Å². The summed E-state index contributed by atoms with van der Waals surface area (Å²) in [5.74, 6) is -2.45. The molecule has 6 rings (SSSR count). The molecule has 37 heavy (non-hydrogen) atoms. The number of fused-ring (bicyclic) bond motifs is 2. The summed E-state index contributed by atoms with van der Waals surface area (Å²) in [6, 6.07) is 0. The van der Waals surface area contributed by atoms with Gasteiger partial charge >= 0.3 is 0 Å². The van der Waals surface area contributed by atoms with Crippen molar-refractivity contribution < 1.29 is 55.4 Å². The van der Waals surface area contributed by atoms with E-state index in [1.54, 1.807) is 20.8 Å². The van der Waals surface area contributed by atoms with Gasteiger partial charge in [-0.2, -0.15) is 0 Å². The van der Waals surface area contributed by atoms with Crippen LogP contribution in [0, 0.1) is 35.0 Å². The molecular formula is C26H42O11. The summed E-state index contributed by atoms with van der Waals surface area (Å²) in [4.78, 5) is 0. The molecule has 0 aromatic rings. The Kier molecular flexibility index (Phi) is 6.70. The number of rotatable bonds is 3. The normalized spacial score (nSPS) is 59.1. The van der Waals surface area contributed by atoms with Crippen LogP contribution in [0.2, 0.25) is 0 Å². The summed E-state index contributed by atoms with van der Waals surface area (Å²) >= 11 is 0. The molecule has 0 radical (unpaired) electrons. The zero-order chi connectivity index (χ0) is 27.4. The smallest absolute Gasteiger partial charge is 0.187 e. The molecule has 0 unspecified atom stereocenters. The molecule has 11 heteroatoms. The van der Waals surface area contributed by atoms with Gasteiger partial charge in [-0.15, -0.1) is 0 Å². The largest absolute Gasteiger partial charge is 0.394 e. The molecule has 9 N–H and O–H groups in total. The van der Waals surface area contributed by atoms with Crippen LogP contribution < -0.4 is 0 Å². The average molecular weight is 531 g/mol. The van der Waals surface area contributed by atoms with Gasteiger partial charge in [-0.25, -0.2) is 0 Å². The van der Waals surface area contributed by atoms with Gasteiger partial charge in [-0.3, -0.25) is 0 Å². The summed E-state index contributed by atoms with van der Waals surface area (Å²) in [6.45, 7) is 8.56. The van der Waals surface area contributed by atoms with Crippen molar-refractivity contribution >= 4 is 0 Å². The van der Waals surface area contributed by atoms with Crippen LogP contribution in [-0.4, -0.2) is 119 Å². The van der Waals surface area contributed by atoms with E-state index in [4.69, 9.17) is 9.47 Å². The van der Waals surface area contributed by atoms with Crippen LogP contribution in [0.25, 0.3) is 0 Å². The van der Waals surface area contributed by atoms with E-state index < -0.39 is 90.2 Å². The van der Waals surface area contributed by atoms with Crippen molar-refractivity contribution in [1.82, 2.24) is 0 Å². The second kappa shape index (κ2) is 8.90. The van der Waals surface area contributed by atoms with Gasteiger partial charge in [-0.05, 0) is 38.0 Å². The molecule has 5 aliphatic carbocycles. The fourth-order valence-electron chi connectivity index (χ4n) is 8.69. The van der Waals surface area contributed by atoms with Crippen LogP contribution >= 0.6 is 0 Å². The maximum Gasteiger partial charge on any atom is 0.187 e. The van der Waals surface area contributed by atoms with Crippen molar-refractivity contribution in [2.24, 2.45) is 35.0 Å². The Bertz CT molecular complexity index is 907. The average Bonchev–Trinajstić information content (AvgIpc) is 2.99. The third kappa shape index (κ3) is 3.53. The Morgan fingerprint density at radius 1 is 0.919 bits per heavy atom. The van der Waals surface area contributed by atoms with E-state index in [-0.39, 0.29) is 24.2 Å². The second-order valence-corrected chi connectivity index (χ2v) is 12.8. The zero-order valence-electron chi connectivity index (χ0n) is 21.5. The number of aliphatic hydroxyl groups excluding tert-OH is 7. The maximum atomic E-state index is 12.2. The molecule has 1 aliphatic heterocycles. The van der Waals surface area contributed by atoms with Crippen molar-refractivity contribution in [1.29, 1.82) is 0 Å². The molecule has 5 saturated carbocycles. The molecule has 0 aromatic heterocycles. The van der Waals surface area contributed by atoms with Crippen LogP contribution in [0.4, 0.5) is 0 Å². The van der Waals surface area contributed by atoms with Gasteiger partial charge in [0.15, 0.2) is 6.29 Å². The van der Waals surface area contributed by atoms with Gasteiger partial charge in [0.05, 0.1) is 36.6 Å². The van der Waals surface area contributed by atoms with Crippen molar-refractivity contribution in [3.05, 3.63) is 12.2 Å². The Morgan fingerprint density at radius 3 is 2.16 bits per heavy atom. The van der Waals surface area contributed by atoms with Crippen LogP contribution in [0.1, 0.15) is 40.0 Å². The quantitative estimate of drug-likeness (QED) is 0.177.